The first-order valence-corrected chi connectivity index (χ1v) is 9.25. The van der Waals surface area contributed by atoms with Gasteiger partial charge in [0.1, 0.15) is 5.75 Å². The Morgan fingerprint density at radius 1 is 1.27 bits per heavy atom. The van der Waals surface area contributed by atoms with Gasteiger partial charge in [-0.2, -0.15) is 5.10 Å². The van der Waals surface area contributed by atoms with Gasteiger partial charge in [-0.05, 0) is 47.9 Å². The van der Waals surface area contributed by atoms with Crippen molar-refractivity contribution in [2.75, 3.05) is 0 Å². The molecule has 0 aliphatic carbocycles. The number of aromatic hydroxyl groups is 1. The van der Waals surface area contributed by atoms with Gasteiger partial charge in [0.05, 0.1) is 18.3 Å². The maximum atomic E-state index is 10.3. The fourth-order valence-electron chi connectivity index (χ4n) is 3.74. The van der Waals surface area contributed by atoms with E-state index in [4.69, 9.17) is 0 Å². The summed E-state index contributed by atoms with van der Waals surface area (Å²) in [7, 11) is 0. The van der Waals surface area contributed by atoms with E-state index in [9.17, 15) is 5.11 Å². The molecule has 0 bridgehead atoms. The molecule has 1 aliphatic heterocycles. The second kappa shape index (κ2) is 7.67. The SMILES string of the molecule is C=CC1NN(Cc2cc(C(C)(C)CC(C)(C)C)ccc2O)N=C1/C=C\C. The van der Waals surface area contributed by atoms with Crippen molar-refractivity contribution >= 4 is 5.71 Å². The largest absolute Gasteiger partial charge is 0.508 e. The number of hydrogen-bond acceptors (Lipinski definition) is 4. The van der Waals surface area contributed by atoms with Crippen LogP contribution in [-0.4, -0.2) is 22.0 Å². The molecule has 0 amide bonds. The molecule has 142 valence electrons. The fourth-order valence-corrected chi connectivity index (χ4v) is 3.74. The maximum Gasteiger partial charge on any atom is 0.120 e. The molecule has 4 nitrogen and oxygen atoms in total. The Labute approximate surface area is 158 Å². The molecule has 4 heteroatoms. The third kappa shape index (κ3) is 4.98. The van der Waals surface area contributed by atoms with Gasteiger partial charge in [0, 0.05) is 5.56 Å². The topological polar surface area (TPSA) is 47.9 Å². The highest BCUT2D eigenvalue weighted by molar-refractivity contribution is 6.01. The molecule has 1 unspecified atom stereocenters. The number of hydrazone groups is 1. The highest BCUT2D eigenvalue weighted by Gasteiger charge is 2.28. The van der Waals surface area contributed by atoms with Crippen LogP contribution in [0.5, 0.6) is 5.75 Å². The Morgan fingerprint density at radius 3 is 2.54 bits per heavy atom. The number of hydrazine groups is 1. The van der Waals surface area contributed by atoms with Gasteiger partial charge in [0.25, 0.3) is 0 Å². The lowest BCUT2D eigenvalue weighted by Crippen LogP contribution is -2.36. The zero-order valence-corrected chi connectivity index (χ0v) is 17.0. The number of hydrogen-bond donors (Lipinski definition) is 2. The zero-order chi connectivity index (χ0) is 19.5. The predicted octanol–water partition coefficient (Wildman–Crippen LogP) is 4.91. The first-order chi connectivity index (χ1) is 12.1. The third-order valence-electron chi connectivity index (χ3n) is 4.57. The standard InChI is InChI=1S/C22H33N3O/c1-8-10-19-18(9-2)23-25(24-19)14-16-13-17(11-12-20(16)26)22(6,7)15-21(3,4)5/h8-13,18,23,26H,2,14-15H2,1,3-7H3/b10-8-. The van der Waals surface area contributed by atoms with E-state index in [-0.39, 0.29) is 16.9 Å². The molecule has 0 radical (unpaired) electrons. The van der Waals surface area contributed by atoms with Gasteiger partial charge in [-0.3, -0.25) is 0 Å². The Morgan fingerprint density at radius 2 is 1.96 bits per heavy atom. The van der Waals surface area contributed by atoms with Crippen LogP contribution in [0, 0.1) is 5.41 Å². The Kier molecular flexibility index (Phi) is 5.97. The highest BCUT2D eigenvalue weighted by Crippen LogP contribution is 2.37. The maximum absolute atomic E-state index is 10.3. The lowest BCUT2D eigenvalue weighted by atomic mass is 9.72. The van der Waals surface area contributed by atoms with Gasteiger partial charge in [-0.15, -0.1) is 6.58 Å². The molecule has 0 aromatic heterocycles. The molecule has 0 saturated heterocycles. The van der Waals surface area contributed by atoms with Crippen molar-refractivity contribution in [3.63, 3.8) is 0 Å². The minimum absolute atomic E-state index is 0.00569. The fraction of sp³-hybridized carbons (Fsp3) is 0.500. The first kappa shape index (κ1) is 20.2. The van der Waals surface area contributed by atoms with Crippen LogP contribution in [0.25, 0.3) is 0 Å². The van der Waals surface area contributed by atoms with E-state index in [1.165, 1.54) is 5.56 Å². The van der Waals surface area contributed by atoms with Crippen LogP contribution < -0.4 is 5.43 Å². The molecule has 1 aromatic rings. The van der Waals surface area contributed by atoms with Crippen molar-refractivity contribution < 1.29 is 5.11 Å². The van der Waals surface area contributed by atoms with Crippen LogP contribution in [0.3, 0.4) is 0 Å². The smallest absolute Gasteiger partial charge is 0.120 e. The van der Waals surface area contributed by atoms with Gasteiger partial charge in [0.15, 0.2) is 0 Å². The number of benzene rings is 1. The number of nitrogens with zero attached hydrogens (tertiary/aromatic N) is 2. The minimum atomic E-state index is -0.00569. The summed E-state index contributed by atoms with van der Waals surface area (Å²) in [5, 5.41) is 16.7. The van der Waals surface area contributed by atoms with Crippen molar-refractivity contribution in [3.8, 4) is 5.75 Å². The number of nitrogens with one attached hydrogen (secondary N) is 1. The van der Waals surface area contributed by atoms with Crippen molar-refractivity contribution in [2.45, 2.75) is 66.0 Å². The molecule has 1 atom stereocenters. The van der Waals surface area contributed by atoms with Gasteiger partial charge < -0.3 is 5.11 Å². The Bertz CT molecular complexity index is 711. The Hall–Kier alpha value is -2.07. The molecular formula is C22H33N3O. The highest BCUT2D eigenvalue weighted by atomic mass is 16.3. The summed E-state index contributed by atoms with van der Waals surface area (Å²) in [5.74, 6) is 0.298. The van der Waals surface area contributed by atoms with Crippen LogP contribution in [0.1, 0.15) is 59.1 Å². The molecule has 1 aliphatic rings. The third-order valence-corrected chi connectivity index (χ3v) is 4.57. The molecule has 1 aromatic carbocycles. The quantitative estimate of drug-likeness (QED) is 0.713. The number of phenolic OH excluding ortho intramolecular Hbond substituents is 1. The predicted molar refractivity (Wildman–Crippen MR) is 110 cm³/mol. The number of phenols is 1. The normalized spacial score (nSPS) is 18.5. The van der Waals surface area contributed by atoms with E-state index in [1.807, 2.05) is 31.2 Å². The van der Waals surface area contributed by atoms with Crippen LogP contribution in [-0.2, 0) is 12.0 Å². The average molecular weight is 356 g/mol. The molecule has 26 heavy (non-hydrogen) atoms. The van der Waals surface area contributed by atoms with E-state index in [0.29, 0.717) is 12.3 Å². The van der Waals surface area contributed by atoms with E-state index in [1.54, 1.807) is 11.2 Å². The summed E-state index contributed by atoms with van der Waals surface area (Å²) < 4.78 is 0. The van der Waals surface area contributed by atoms with Crippen LogP contribution in [0.15, 0.2) is 48.1 Å². The van der Waals surface area contributed by atoms with Crippen LogP contribution in [0.4, 0.5) is 0 Å². The van der Waals surface area contributed by atoms with E-state index in [2.05, 4.69) is 57.8 Å². The zero-order valence-electron chi connectivity index (χ0n) is 17.0. The number of allylic oxidation sites excluding steroid dienone is 1. The molecule has 0 saturated carbocycles. The number of rotatable bonds is 6. The summed E-state index contributed by atoms with van der Waals surface area (Å²) in [6, 6.07) is 5.93. The van der Waals surface area contributed by atoms with E-state index in [0.717, 1.165) is 17.7 Å². The lowest BCUT2D eigenvalue weighted by Gasteiger charge is -2.33. The monoisotopic (exact) mass is 355 g/mol. The van der Waals surface area contributed by atoms with Crippen LogP contribution >= 0.6 is 0 Å². The van der Waals surface area contributed by atoms with Gasteiger partial charge in [0.2, 0.25) is 0 Å². The van der Waals surface area contributed by atoms with Crippen LogP contribution in [0.2, 0.25) is 0 Å². The van der Waals surface area contributed by atoms with Crippen molar-refractivity contribution in [3.05, 3.63) is 54.1 Å². The summed E-state index contributed by atoms with van der Waals surface area (Å²) in [6.45, 7) is 17.6. The van der Waals surface area contributed by atoms with E-state index >= 15 is 0 Å². The van der Waals surface area contributed by atoms with Gasteiger partial charge in [-0.1, -0.05) is 52.8 Å². The summed E-state index contributed by atoms with van der Waals surface area (Å²) in [6.07, 6.45) is 6.84. The molecule has 2 N–H and O–H groups in total. The Balaban J connectivity index is 2.25. The molecule has 0 spiro atoms. The second-order valence-corrected chi connectivity index (χ2v) is 8.89. The summed E-state index contributed by atoms with van der Waals surface area (Å²) in [5.41, 5.74) is 6.59. The van der Waals surface area contributed by atoms with Gasteiger partial charge >= 0.3 is 0 Å². The average Bonchev–Trinajstić information content (AvgIpc) is 2.89. The first-order valence-electron chi connectivity index (χ1n) is 9.25. The van der Waals surface area contributed by atoms with Crippen molar-refractivity contribution in [1.82, 2.24) is 10.5 Å². The molecule has 0 fully saturated rings. The lowest BCUT2D eigenvalue weighted by molar-refractivity contribution is 0.206. The molecular weight excluding hydrogens is 322 g/mol. The van der Waals surface area contributed by atoms with Crippen molar-refractivity contribution in [1.29, 1.82) is 0 Å². The molecule has 1 heterocycles. The summed E-state index contributed by atoms with van der Waals surface area (Å²) in [4.78, 5) is 0. The van der Waals surface area contributed by atoms with E-state index < -0.39 is 0 Å². The second-order valence-electron chi connectivity index (χ2n) is 8.89. The minimum Gasteiger partial charge on any atom is -0.508 e. The molecule has 2 rings (SSSR count). The van der Waals surface area contributed by atoms with Gasteiger partial charge in [-0.25, -0.2) is 10.5 Å². The van der Waals surface area contributed by atoms with Crippen molar-refractivity contribution in [2.24, 2.45) is 10.5 Å². The summed E-state index contributed by atoms with van der Waals surface area (Å²) >= 11 is 0.